The van der Waals surface area contributed by atoms with E-state index in [-0.39, 0.29) is 29.1 Å². The van der Waals surface area contributed by atoms with E-state index < -0.39 is 5.54 Å². The Kier molecular flexibility index (Phi) is 4.56. The van der Waals surface area contributed by atoms with Gasteiger partial charge in [-0.1, -0.05) is 11.6 Å². The van der Waals surface area contributed by atoms with Gasteiger partial charge in [0.15, 0.2) is 0 Å². The predicted molar refractivity (Wildman–Crippen MR) is 127 cm³/mol. The number of pyridine rings is 1. The first-order chi connectivity index (χ1) is 16.3. The van der Waals surface area contributed by atoms with Crippen molar-refractivity contribution in [1.82, 2.24) is 25.2 Å². The van der Waals surface area contributed by atoms with Gasteiger partial charge in [0.25, 0.3) is 11.8 Å². The summed E-state index contributed by atoms with van der Waals surface area (Å²) in [7, 11) is 0. The number of carbonyl (C=O) groups excluding carboxylic acids is 2. The van der Waals surface area contributed by atoms with E-state index in [0.29, 0.717) is 22.8 Å². The molecule has 2 amide bonds. The molecule has 34 heavy (non-hydrogen) atoms. The number of fused-ring (bicyclic) bond motifs is 1. The maximum absolute atomic E-state index is 13.4. The highest BCUT2D eigenvalue weighted by molar-refractivity contribution is 6.31. The number of hydrogen-bond acceptors (Lipinski definition) is 6. The predicted octanol–water partition coefficient (Wildman–Crippen LogP) is 3.21. The zero-order chi connectivity index (χ0) is 23.7. The van der Waals surface area contributed by atoms with E-state index in [1.807, 2.05) is 30.9 Å². The average molecular weight is 475 g/mol. The average Bonchev–Trinajstić information content (AvgIpc) is 2.97. The summed E-state index contributed by atoms with van der Waals surface area (Å²) in [6.07, 6.45) is 6.64. The van der Waals surface area contributed by atoms with Crippen molar-refractivity contribution in [2.24, 2.45) is 5.41 Å². The standard InChI is InChI=1S/C25H23ClN6O2/c1-24(2)19-9-16(26)4-5-18(19)22(33)32(24)17-8-15(10-27-11-17)20-25(12-28-13-25)14-31(20)23(34)21-29-6-3-7-30-21/h3-11,20,28H,12-14H2,1-2H3. The van der Waals surface area contributed by atoms with Gasteiger partial charge >= 0.3 is 0 Å². The Balaban J connectivity index is 1.38. The van der Waals surface area contributed by atoms with Crippen molar-refractivity contribution >= 4 is 29.1 Å². The summed E-state index contributed by atoms with van der Waals surface area (Å²) in [5.74, 6) is -0.107. The molecule has 6 rings (SSSR count). The van der Waals surface area contributed by atoms with Crippen molar-refractivity contribution < 1.29 is 9.59 Å². The van der Waals surface area contributed by atoms with Gasteiger partial charge in [0.1, 0.15) is 0 Å². The largest absolute Gasteiger partial charge is 0.327 e. The van der Waals surface area contributed by atoms with Crippen LogP contribution in [-0.2, 0) is 5.54 Å². The summed E-state index contributed by atoms with van der Waals surface area (Å²) in [5, 5.41) is 3.94. The van der Waals surface area contributed by atoms with Crippen LogP contribution >= 0.6 is 11.6 Å². The quantitative estimate of drug-likeness (QED) is 0.626. The molecule has 1 N–H and O–H groups in total. The first-order valence-corrected chi connectivity index (χ1v) is 11.6. The monoisotopic (exact) mass is 474 g/mol. The van der Waals surface area contributed by atoms with E-state index in [1.165, 1.54) is 0 Å². The SMILES string of the molecule is CC1(C)c2cc(Cl)ccc2C(=O)N1c1cncc(C2N(C(=O)c3ncccn3)CC23CNC3)c1. The van der Waals surface area contributed by atoms with Gasteiger partial charge in [0.05, 0.1) is 23.5 Å². The molecule has 2 aromatic heterocycles. The number of halogens is 1. The fourth-order valence-electron chi connectivity index (χ4n) is 5.61. The van der Waals surface area contributed by atoms with Crippen molar-refractivity contribution in [3.63, 3.8) is 0 Å². The summed E-state index contributed by atoms with van der Waals surface area (Å²) in [6, 6.07) is 8.87. The number of nitrogens with one attached hydrogen (secondary N) is 1. The second-order valence-corrected chi connectivity index (χ2v) is 10.2. The van der Waals surface area contributed by atoms with Gasteiger partial charge in [-0.05, 0) is 55.3 Å². The van der Waals surface area contributed by atoms with Crippen molar-refractivity contribution in [2.45, 2.75) is 25.4 Å². The van der Waals surface area contributed by atoms with Crippen LogP contribution in [0.25, 0.3) is 0 Å². The Morgan fingerprint density at radius 2 is 1.91 bits per heavy atom. The first-order valence-electron chi connectivity index (χ1n) is 11.2. The Morgan fingerprint density at radius 3 is 2.62 bits per heavy atom. The summed E-state index contributed by atoms with van der Waals surface area (Å²) in [4.78, 5) is 43.0. The van der Waals surface area contributed by atoms with E-state index >= 15 is 0 Å². The molecule has 1 aromatic carbocycles. The number of amides is 2. The lowest BCUT2D eigenvalue weighted by atomic mass is 9.64. The highest BCUT2D eigenvalue weighted by atomic mass is 35.5. The van der Waals surface area contributed by atoms with Gasteiger partial charge < -0.3 is 10.2 Å². The summed E-state index contributed by atoms with van der Waals surface area (Å²) >= 11 is 6.24. The number of anilines is 1. The van der Waals surface area contributed by atoms with Gasteiger partial charge in [0, 0.05) is 54.2 Å². The van der Waals surface area contributed by atoms with Crippen LogP contribution < -0.4 is 10.2 Å². The van der Waals surface area contributed by atoms with E-state index in [9.17, 15) is 9.59 Å². The third-order valence-corrected chi connectivity index (χ3v) is 7.54. The minimum atomic E-state index is -0.597. The molecule has 0 saturated carbocycles. The second kappa shape index (κ2) is 7.32. The smallest absolute Gasteiger partial charge is 0.292 e. The zero-order valence-electron chi connectivity index (χ0n) is 18.8. The van der Waals surface area contributed by atoms with Gasteiger partial charge in [-0.3, -0.25) is 19.5 Å². The van der Waals surface area contributed by atoms with E-state index in [2.05, 4.69) is 20.3 Å². The number of nitrogens with zero attached hydrogens (tertiary/aromatic N) is 5. The van der Waals surface area contributed by atoms with Gasteiger partial charge in [-0.25, -0.2) is 9.97 Å². The maximum atomic E-state index is 13.4. The molecular formula is C25H23ClN6O2. The molecule has 3 aromatic rings. The van der Waals surface area contributed by atoms with Crippen molar-refractivity contribution in [3.8, 4) is 0 Å². The number of hydrogen-bond donors (Lipinski definition) is 1. The molecule has 0 bridgehead atoms. The van der Waals surface area contributed by atoms with Crippen LogP contribution in [0.1, 0.15) is 52.0 Å². The summed E-state index contributed by atoms with van der Waals surface area (Å²) < 4.78 is 0. The zero-order valence-corrected chi connectivity index (χ0v) is 19.6. The highest BCUT2D eigenvalue weighted by Crippen LogP contribution is 2.52. The topological polar surface area (TPSA) is 91.3 Å². The molecule has 9 heteroatoms. The van der Waals surface area contributed by atoms with E-state index in [4.69, 9.17) is 11.6 Å². The Bertz CT molecular complexity index is 1320. The number of aromatic nitrogens is 3. The molecule has 172 valence electrons. The van der Waals surface area contributed by atoms with Crippen LogP contribution in [0.2, 0.25) is 5.02 Å². The molecule has 2 fully saturated rings. The Morgan fingerprint density at radius 1 is 1.15 bits per heavy atom. The Hall–Kier alpha value is -3.36. The third kappa shape index (κ3) is 2.91. The lowest BCUT2D eigenvalue weighted by Gasteiger charge is -2.62. The third-order valence-electron chi connectivity index (χ3n) is 7.30. The van der Waals surface area contributed by atoms with Crippen LogP contribution in [0.15, 0.2) is 55.1 Å². The molecule has 3 aliphatic heterocycles. The number of carbonyl (C=O) groups is 2. The van der Waals surface area contributed by atoms with E-state index in [0.717, 1.165) is 24.2 Å². The molecular weight excluding hydrogens is 452 g/mol. The first kappa shape index (κ1) is 21.2. The fraction of sp³-hybridized carbons (Fsp3) is 0.320. The minimum absolute atomic E-state index is 0.0498. The van der Waals surface area contributed by atoms with Gasteiger partial charge in [-0.2, -0.15) is 0 Å². The Labute approximate surface area is 202 Å². The van der Waals surface area contributed by atoms with Crippen LogP contribution in [0.5, 0.6) is 0 Å². The number of likely N-dealkylation sites (tertiary alicyclic amines) is 1. The van der Waals surface area contributed by atoms with Crippen molar-refractivity contribution in [3.05, 3.63) is 82.7 Å². The molecule has 8 nitrogen and oxygen atoms in total. The van der Waals surface area contributed by atoms with Crippen LogP contribution in [0.3, 0.4) is 0 Å². The highest BCUT2D eigenvalue weighted by Gasteiger charge is 2.59. The van der Waals surface area contributed by atoms with Crippen LogP contribution in [-0.4, -0.2) is 51.3 Å². The van der Waals surface area contributed by atoms with Crippen molar-refractivity contribution in [1.29, 1.82) is 0 Å². The van der Waals surface area contributed by atoms with Crippen molar-refractivity contribution in [2.75, 3.05) is 24.5 Å². The summed E-state index contributed by atoms with van der Waals surface area (Å²) in [6.45, 7) is 6.27. The molecule has 1 spiro atoms. The van der Waals surface area contributed by atoms with Gasteiger partial charge in [0.2, 0.25) is 5.82 Å². The lowest BCUT2D eigenvalue weighted by Crippen LogP contribution is -2.73. The molecule has 3 aliphatic rings. The van der Waals surface area contributed by atoms with Crippen LogP contribution in [0.4, 0.5) is 5.69 Å². The molecule has 1 atom stereocenters. The van der Waals surface area contributed by atoms with Crippen LogP contribution in [0, 0.1) is 5.41 Å². The second-order valence-electron chi connectivity index (χ2n) is 9.74. The van der Waals surface area contributed by atoms with E-state index in [1.54, 1.807) is 47.9 Å². The summed E-state index contributed by atoms with van der Waals surface area (Å²) in [5.41, 5.74) is 2.47. The molecule has 1 unspecified atom stereocenters. The fourth-order valence-corrected chi connectivity index (χ4v) is 5.78. The lowest BCUT2D eigenvalue weighted by molar-refractivity contribution is -0.0872. The molecule has 0 radical (unpaired) electrons. The normalized spacial score (nSPS) is 21.7. The number of rotatable bonds is 3. The molecule has 2 saturated heterocycles. The maximum Gasteiger partial charge on any atom is 0.292 e. The molecule has 5 heterocycles. The number of benzene rings is 1. The minimum Gasteiger partial charge on any atom is -0.327 e. The molecule has 0 aliphatic carbocycles. The van der Waals surface area contributed by atoms with Gasteiger partial charge in [-0.15, -0.1) is 0 Å².